The van der Waals surface area contributed by atoms with Crippen LogP contribution in [0.3, 0.4) is 0 Å². The molecule has 1 aromatic carbocycles. The Kier molecular flexibility index (Phi) is 6.71. The summed E-state index contributed by atoms with van der Waals surface area (Å²) in [6.45, 7) is -0.295. The molecule has 2 fully saturated rings. The van der Waals surface area contributed by atoms with Crippen LogP contribution in [0.15, 0.2) is 23.1 Å². The number of nitrogens with zero attached hydrogens (tertiary/aromatic N) is 1. The van der Waals surface area contributed by atoms with Gasteiger partial charge in [0.05, 0.1) is 11.8 Å². The van der Waals surface area contributed by atoms with Gasteiger partial charge in [-0.25, -0.2) is 17.2 Å². The number of piperidine rings is 1. The van der Waals surface area contributed by atoms with Crippen LogP contribution in [0.1, 0.15) is 38.5 Å². The van der Waals surface area contributed by atoms with E-state index in [1.807, 2.05) is 0 Å². The van der Waals surface area contributed by atoms with Gasteiger partial charge in [0, 0.05) is 13.1 Å². The fraction of sp³-hybridized carbons (Fsp3) is 0.632. The Morgan fingerprint density at radius 1 is 1.03 bits per heavy atom. The molecule has 0 aromatic heterocycles. The van der Waals surface area contributed by atoms with Crippen LogP contribution in [0.25, 0.3) is 0 Å². The van der Waals surface area contributed by atoms with Crippen LogP contribution in [0.2, 0.25) is 0 Å². The Labute approximate surface area is 171 Å². The standard InChI is InChI=1S/C19H22F5NO4S/c20-13-5-6-15(21)17(11-13)30(27,28)25-9-7-12(8-10-25)18(26)29-16-4-2-1-3-14(16)19(22,23)24/h5-6,11-12,14,16H,1-4,7-10H2/t14-,16-/m1/s1. The number of ether oxygens (including phenoxy) is 1. The normalized spacial score (nSPS) is 24.6. The van der Waals surface area contributed by atoms with Gasteiger partial charge in [-0.2, -0.15) is 17.5 Å². The number of carbonyl (C=O) groups excluding carboxylic acids is 1. The monoisotopic (exact) mass is 455 g/mol. The summed E-state index contributed by atoms with van der Waals surface area (Å²) in [5.74, 6) is -5.20. The Bertz CT molecular complexity index is 881. The zero-order chi connectivity index (χ0) is 22.1. The maximum atomic E-state index is 13.9. The number of halogens is 5. The SMILES string of the molecule is O=C(O[C@@H]1CCCC[C@H]1C(F)(F)F)C1CCN(S(=O)(=O)c2cc(F)ccc2F)CC1. The van der Waals surface area contributed by atoms with E-state index in [1.165, 1.54) is 0 Å². The first-order valence-electron chi connectivity index (χ1n) is 9.72. The van der Waals surface area contributed by atoms with Crippen LogP contribution in [0, 0.1) is 23.5 Å². The molecule has 2 aliphatic rings. The smallest absolute Gasteiger partial charge is 0.395 e. The Morgan fingerprint density at radius 3 is 2.30 bits per heavy atom. The first-order valence-corrected chi connectivity index (χ1v) is 11.2. The lowest BCUT2D eigenvalue weighted by Gasteiger charge is -2.35. The van der Waals surface area contributed by atoms with E-state index in [2.05, 4.69) is 0 Å². The van der Waals surface area contributed by atoms with E-state index in [4.69, 9.17) is 4.74 Å². The maximum absolute atomic E-state index is 13.9. The molecule has 11 heteroatoms. The number of benzene rings is 1. The van der Waals surface area contributed by atoms with Gasteiger partial charge in [0.25, 0.3) is 0 Å². The van der Waals surface area contributed by atoms with Crippen molar-refractivity contribution in [1.82, 2.24) is 4.31 Å². The molecule has 30 heavy (non-hydrogen) atoms. The van der Waals surface area contributed by atoms with Crippen LogP contribution >= 0.6 is 0 Å². The average Bonchev–Trinajstić information content (AvgIpc) is 2.69. The van der Waals surface area contributed by atoms with Crippen LogP contribution in [0.5, 0.6) is 0 Å². The third kappa shape index (κ3) is 4.93. The molecular formula is C19H22F5NO4S. The van der Waals surface area contributed by atoms with E-state index in [1.54, 1.807) is 0 Å². The van der Waals surface area contributed by atoms with Crippen LogP contribution in [0.4, 0.5) is 22.0 Å². The van der Waals surface area contributed by atoms with Crippen LogP contribution < -0.4 is 0 Å². The number of alkyl halides is 3. The van der Waals surface area contributed by atoms with E-state index in [0.717, 1.165) is 10.4 Å². The molecular weight excluding hydrogens is 433 g/mol. The van der Waals surface area contributed by atoms with Gasteiger partial charge in [-0.1, -0.05) is 6.42 Å². The van der Waals surface area contributed by atoms with E-state index >= 15 is 0 Å². The fourth-order valence-electron chi connectivity index (χ4n) is 4.00. The summed E-state index contributed by atoms with van der Waals surface area (Å²) < 4.78 is 98.0. The minimum atomic E-state index is -4.45. The predicted octanol–water partition coefficient (Wildman–Crippen LogP) is 4.03. The highest BCUT2D eigenvalue weighted by Crippen LogP contribution is 2.40. The van der Waals surface area contributed by atoms with Gasteiger partial charge in [0.15, 0.2) is 0 Å². The van der Waals surface area contributed by atoms with Gasteiger partial charge in [0.1, 0.15) is 22.6 Å². The number of rotatable bonds is 4. The van der Waals surface area contributed by atoms with Gasteiger partial charge in [-0.05, 0) is 50.3 Å². The van der Waals surface area contributed by atoms with Crippen molar-refractivity contribution in [2.75, 3.05) is 13.1 Å². The molecule has 1 aliphatic heterocycles. The molecule has 0 amide bonds. The highest BCUT2D eigenvalue weighted by molar-refractivity contribution is 7.89. The van der Waals surface area contributed by atoms with E-state index in [9.17, 15) is 35.2 Å². The topological polar surface area (TPSA) is 63.7 Å². The summed E-state index contributed by atoms with van der Waals surface area (Å²) in [5, 5.41) is 0. The highest BCUT2D eigenvalue weighted by Gasteiger charge is 2.48. The molecule has 0 spiro atoms. The van der Waals surface area contributed by atoms with Crippen molar-refractivity contribution >= 4 is 16.0 Å². The van der Waals surface area contributed by atoms with Gasteiger partial charge in [0.2, 0.25) is 10.0 Å². The van der Waals surface area contributed by atoms with Crippen molar-refractivity contribution in [3.63, 3.8) is 0 Å². The first-order chi connectivity index (χ1) is 14.0. The lowest BCUT2D eigenvalue weighted by molar-refractivity contribution is -0.217. The van der Waals surface area contributed by atoms with Crippen molar-refractivity contribution in [3.8, 4) is 0 Å². The second-order valence-electron chi connectivity index (χ2n) is 7.66. The second kappa shape index (κ2) is 8.78. The lowest BCUT2D eigenvalue weighted by atomic mass is 9.85. The average molecular weight is 455 g/mol. The van der Waals surface area contributed by atoms with Crippen molar-refractivity contribution < 1.29 is 39.9 Å². The molecule has 1 saturated heterocycles. The molecule has 1 saturated carbocycles. The Balaban J connectivity index is 1.62. The molecule has 1 aliphatic carbocycles. The van der Waals surface area contributed by atoms with Gasteiger partial charge in [-0.15, -0.1) is 0 Å². The third-order valence-corrected chi connectivity index (χ3v) is 7.60. The molecule has 1 aromatic rings. The number of hydrogen-bond acceptors (Lipinski definition) is 4. The van der Waals surface area contributed by atoms with E-state index < -0.39 is 56.6 Å². The highest BCUT2D eigenvalue weighted by atomic mass is 32.2. The maximum Gasteiger partial charge on any atom is 0.395 e. The lowest BCUT2D eigenvalue weighted by Crippen LogP contribution is -2.43. The summed E-state index contributed by atoms with van der Waals surface area (Å²) in [6, 6.07) is 2.11. The molecule has 1 heterocycles. The number of esters is 1. The Morgan fingerprint density at radius 2 is 1.67 bits per heavy atom. The molecule has 168 valence electrons. The van der Waals surface area contributed by atoms with Gasteiger partial charge in [-0.3, -0.25) is 4.79 Å². The zero-order valence-electron chi connectivity index (χ0n) is 16.0. The Hall–Kier alpha value is -1.75. The molecule has 5 nitrogen and oxygen atoms in total. The number of hydrogen-bond donors (Lipinski definition) is 0. The molecule has 0 bridgehead atoms. The zero-order valence-corrected chi connectivity index (χ0v) is 16.8. The van der Waals surface area contributed by atoms with Gasteiger partial charge >= 0.3 is 12.1 Å². The minimum absolute atomic E-state index is 0.0262. The van der Waals surface area contributed by atoms with Crippen LogP contribution in [-0.2, 0) is 19.6 Å². The van der Waals surface area contributed by atoms with Gasteiger partial charge < -0.3 is 4.74 Å². The van der Waals surface area contributed by atoms with Crippen molar-refractivity contribution in [3.05, 3.63) is 29.8 Å². The van der Waals surface area contributed by atoms with Crippen LogP contribution in [-0.4, -0.2) is 44.1 Å². The molecule has 2 atom stereocenters. The molecule has 0 unspecified atom stereocenters. The summed E-state index contributed by atoms with van der Waals surface area (Å²) in [6.07, 6.45) is -4.60. The van der Waals surface area contributed by atoms with E-state index in [0.29, 0.717) is 25.0 Å². The summed E-state index contributed by atoms with van der Waals surface area (Å²) >= 11 is 0. The molecule has 0 radical (unpaired) electrons. The van der Waals surface area contributed by atoms with Crippen molar-refractivity contribution in [2.45, 2.75) is 55.7 Å². The molecule has 3 rings (SSSR count). The number of sulfonamides is 1. The summed E-state index contributed by atoms with van der Waals surface area (Å²) in [7, 11) is -4.30. The number of carbonyl (C=O) groups is 1. The third-order valence-electron chi connectivity index (χ3n) is 5.69. The van der Waals surface area contributed by atoms with Crippen molar-refractivity contribution in [1.29, 1.82) is 0 Å². The fourth-order valence-corrected chi connectivity index (χ4v) is 5.55. The summed E-state index contributed by atoms with van der Waals surface area (Å²) in [4.78, 5) is 11.6. The largest absolute Gasteiger partial charge is 0.462 e. The summed E-state index contributed by atoms with van der Waals surface area (Å²) in [5.41, 5.74) is 0. The van der Waals surface area contributed by atoms with E-state index in [-0.39, 0.29) is 38.8 Å². The minimum Gasteiger partial charge on any atom is -0.462 e. The predicted molar refractivity (Wildman–Crippen MR) is 95.7 cm³/mol. The first kappa shape index (κ1) is 22.9. The quantitative estimate of drug-likeness (QED) is 0.508. The molecule has 0 N–H and O–H groups in total. The second-order valence-corrected chi connectivity index (χ2v) is 9.57. The van der Waals surface area contributed by atoms with Crippen molar-refractivity contribution in [2.24, 2.45) is 11.8 Å².